The molecule has 0 unspecified atom stereocenters. The van der Waals surface area contributed by atoms with E-state index in [4.69, 9.17) is 0 Å². The Hall–Kier alpha value is -1.95. The SMILES string of the molecule is CNc1ccc(C(=O)NCc2cnc(C)s2)nc1. The van der Waals surface area contributed by atoms with E-state index in [0.29, 0.717) is 12.2 Å². The van der Waals surface area contributed by atoms with Crippen LogP contribution in [0.25, 0.3) is 0 Å². The molecule has 0 fully saturated rings. The van der Waals surface area contributed by atoms with Gasteiger partial charge in [-0.1, -0.05) is 0 Å². The first-order valence-electron chi connectivity index (χ1n) is 5.52. The number of thiazole rings is 1. The highest BCUT2D eigenvalue weighted by molar-refractivity contribution is 7.11. The van der Waals surface area contributed by atoms with Crippen molar-refractivity contribution in [2.75, 3.05) is 12.4 Å². The first kappa shape index (κ1) is 12.5. The summed E-state index contributed by atoms with van der Waals surface area (Å²) in [7, 11) is 1.81. The summed E-state index contributed by atoms with van der Waals surface area (Å²) in [6, 6.07) is 3.51. The third-order valence-corrected chi connectivity index (χ3v) is 3.29. The van der Waals surface area contributed by atoms with Crippen LogP contribution in [0.4, 0.5) is 5.69 Å². The molecule has 2 rings (SSSR count). The normalized spacial score (nSPS) is 10.1. The van der Waals surface area contributed by atoms with Gasteiger partial charge in [-0.25, -0.2) is 9.97 Å². The van der Waals surface area contributed by atoms with Crippen LogP contribution in [0.15, 0.2) is 24.5 Å². The predicted octanol–water partition coefficient (Wildman–Crippen LogP) is 1.82. The van der Waals surface area contributed by atoms with Crippen LogP contribution >= 0.6 is 11.3 Å². The lowest BCUT2D eigenvalue weighted by molar-refractivity contribution is 0.0946. The summed E-state index contributed by atoms with van der Waals surface area (Å²) in [6.07, 6.45) is 3.41. The van der Waals surface area contributed by atoms with E-state index in [2.05, 4.69) is 20.6 Å². The molecular weight excluding hydrogens is 248 g/mol. The van der Waals surface area contributed by atoms with E-state index in [1.54, 1.807) is 29.8 Å². The number of aromatic nitrogens is 2. The summed E-state index contributed by atoms with van der Waals surface area (Å²) in [6.45, 7) is 2.42. The number of carbonyl (C=O) groups excluding carboxylic acids is 1. The highest BCUT2D eigenvalue weighted by Crippen LogP contribution is 2.11. The van der Waals surface area contributed by atoms with Crippen molar-refractivity contribution >= 4 is 22.9 Å². The number of hydrogen-bond acceptors (Lipinski definition) is 5. The van der Waals surface area contributed by atoms with Crippen molar-refractivity contribution in [2.24, 2.45) is 0 Å². The molecule has 5 nitrogen and oxygen atoms in total. The van der Waals surface area contributed by atoms with Crippen molar-refractivity contribution in [2.45, 2.75) is 13.5 Å². The van der Waals surface area contributed by atoms with Crippen LogP contribution in [0.2, 0.25) is 0 Å². The molecule has 18 heavy (non-hydrogen) atoms. The van der Waals surface area contributed by atoms with Crippen molar-refractivity contribution in [3.63, 3.8) is 0 Å². The molecule has 94 valence electrons. The van der Waals surface area contributed by atoms with Gasteiger partial charge in [-0.05, 0) is 19.1 Å². The second-order valence-electron chi connectivity index (χ2n) is 3.71. The van der Waals surface area contributed by atoms with Gasteiger partial charge in [-0.15, -0.1) is 11.3 Å². The molecule has 0 aliphatic rings. The highest BCUT2D eigenvalue weighted by atomic mass is 32.1. The second-order valence-corrected chi connectivity index (χ2v) is 5.03. The first-order chi connectivity index (χ1) is 8.69. The van der Waals surface area contributed by atoms with Crippen molar-refractivity contribution in [3.05, 3.63) is 40.1 Å². The number of rotatable bonds is 4. The third kappa shape index (κ3) is 3.04. The van der Waals surface area contributed by atoms with Gasteiger partial charge in [-0.3, -0.25) is 4.79 Å². The minimum absolute atomic E-state index is 0.177. The van der Waals surface area contributed by atoms with Crippen LogP contribution in [-0.2, 0) is 6.54 Å². The van der Waals surface area contributed by atoms with Crippen molar-refractivity contribution in [1.29, 1.82) is 0 Å². The van der Waals surface area contributed by atoms with Gasteiger partial charge in [0.15, 0.2) is 0 Å². The second kappa shape index (κ2) is 5.59. The molecule has 6 heteroatoms. The smallest absolute Gasteiger partial charge is 0.270 e. The monoisotopic (exact) mass is 262 g/mol. The largest absolute Gasteiger partial charge is 0.387 e. The maximum atomic E-state index is 11.8. The van der Waals surface area contributed by atoms with Crippen molar-refractivity contribution < 1.29 is 4.79 Å². The van der Waals surface area contributed by atoms with Crippen molar-refractivity contribution in [1.82, 2.24) is 15.3 Å². The minimum atomic E-state index is -0.177. The average Bonchev–Trinajstić information content (AvgIpc) is 2.82. The van der Waals surface area contributed by atoms with Crippen LogP contribution < -0.4 is 10.6 Å². The van der Waals surface area contributed by atoms with E-state index in [9.17, 15) is 4.79 Å². The Morgan fingerprint density at radius 2 is 2.17 bits per heavy atom. The summed E-state index contributed by atoms with van der Waals surface area (Å²) >= 11 is 1.57. The number of nitrogens with zero attached hydrogens (tertiary/aromatic N) is 2. The summed E-state index contributed by atoms with van der Waals surface area (Å²) in [5, 5.41) is 6.76. The Morgan fingerprint density at radius 3 is 2.72 bits per heavy atom. The Morgan fingerprint density at radius 1 is 1.33 bits per heavy atom. The molecule has 0 aliphatic carbocycles. The van der Waals surface area contributed by atoms with Crippen LogP contribution in [0.1, 0.15) is 20.4 Å². The van der Waals surface area contributed by atoms with Gasteiger partial charge < -0.3 is 10.6 Å². The molecule has 0 aromatic carbocycles. The number of pyridine rings is 1. The van der Waals surface area contributed by atoms with E-state index in [1.807, 2.05) is 20.0 Å². The number of anilines is 1. The number of hydrogen-bond donors (Lipinski definition) is 2. The lowest BCUT2D eigenvalue weighted by Gasteiger charge is -2.04. The highest BCUT2D eigenvalue weighted by Gasteiger charge is 2.07. The number of aryl methyl sites for hydroxylation is 1. The van der Waals surface area contributed by atoms with Gasteiger partial charge in [0.1, 0.15) is 5.69 Å². The predicted molar refractivity (Wildman–Crippen MR) is 71.8 cm³/mol. The van der Waals surface area contributed by atoms with Gasteiger partial charge in [0.05, 0.1) is 23.4 Å². The van der Waals surface area contributed by atoms with Crippen LogP contribution in [-0.4, -0.2) is 22.9 Å². The molecule has 0 atom stereocenters. The third-order valence-electron chi connectivity index (χ3n) is 2.38. The molecular formula is C12H14N4OS. The molecule has 2 N–H and O–H groups in total. The maximum absolute atomic E-state index is 11.8. The van der Waals surface area contributed by atoms with Crippen LogP contribution in [0, 0.1) is 6.92 Å². The zero-order valence-corrected chi connectivity index (χ0v) is 11.0. The Labute approximate surface area is 109 Å². The van der Waals surface area contributed by atoms with Crippen molar-refractivity contribution in [3.8, 4) is 0 Å². The van der Waals surface area contributed by atoms with E-state index in [-0.39, 0.29) is 5.91 Å². The lowest BCUT2D eigenvalue weighted by Crippen LogP contribution is -2.23. The molecule has 2 aromatic heterocycles. The summed E-state index contributed by atoms with van der Waals surface area (Å²) in [5.41, 5.74) is 1.29. The molecule has 0 bridgehead atoms. The van der Waals surface area contributed by atoms with E-state index in [1.165, 1.54) is 0 Å². The van der Waals surface area contributed by atoms with Gasteiger partial charge in [0.2, 0.25) is 0 Å². The van der Waals surface area contributed by atoms with Gasteiger partial charge in [0.25, 0.3) is 5.91 Å². The van der Waals surface area contributed by atoms with Gasteiger partial charge >= 0.3 is 0 Å². The maximum Gasteiger partial charge on any atom is 0.270 e. The number of amides is 1. The summed E-state index contributed by atoms with van der Waals surface area (Å²) < 4.78 is 0. The minimum Gasteiger partial charge on any atom is -0.387 e. The standard InChI is InChI=1S/C12H14N4OS/c1-8-14-6-10(18-8)7-16-12(17)11-4-3-9(13-2)5-15-11/h3-6,13H,7H2,1-2H3,(H,16,17). The molecule has 2 heterocycles. The first-order valence-corrected chi connectivity index (χ1v) is 6.34. The topological polar surface area (TPSA) is 66.9 Å². The van der Waals surface area contributed by atoms with Gasteiger partial charge in [-0.2, -0.15) is 0 Å². The number of carbonyl (C=O) groups is 1. The summed E-state index contributed by atoms with van der Waals surface area (Å²) in [5.74, 6) is -0.177. The van der Waals surface area contributed by atoms with Crippen LogP contribution in [0.5, 0.6) is 0 Å². The Kier molecular flexibility index (Phi) is 3.88. The quantitative estimate of drug-likeness (QED) is 0.882. The fraction of sp³-hybridized carbons (Fsp3) is 0.250. The molecule has 0 radical (unpaired) electrons. The molecule has 0 saturated heterocycles. The number of nitrogens with one attached hydrogen (secondary N) is 2. The molecule has 0 spiro atoms. The van der Waals surface area contributed by atoms with E-state index < -0.39 is 0 Å². The van der Waals surface area contributed by atoms with E-state index >= 15 is 0 Å². The molecule has 0 saturated carbocycles. The van der Waals surface area contributed by atoms with Gasteiger partial charge in [0, 0.05) is 18.1 Å². The Bertz CT molecular complexity index is 535. The zero-order valence-electron chi connectivity index (χ0n) is 10.2. The zero-order chi connectivity index (χ0) is 13.0. The fourth-order valence-electron chi connectivity index (χ4n) is 1.42. The molecule has 1 amide bonds. The van der Waals surface area contributed by atoms with Crippen LogP contribution in [0.3, 0.4) is 0 Å². The molecule has 0 aliphatic heterocycles. The molecule has 2 aromatic rings. The Balaban J connectivity index is 1.94. The fourth-order valence-corrected chi connectivity index (χ4v) is 2.16. The lowest BCUT2D eigenvalue weighted by atomic mass is 10.3. The summed E-state index contributed by atoms with van der Waals surface area (Å²) in [4.78, 5) is 21.1. The average molecular weight is 262 g/mol. The van der Waals surface area contributed by atoms with E-state index in [0.717, 1.165) is 15.6 Å².